The zero-order chi connectivity index (χ0) is 8.97. The third-order valence-corrected chi connectivity index (χ3v) is 2.02. The smallest absolute Gasteiger partial charge is 0.106 e. The summed E-state index contributed by atoms with van der Waals surface area (Å²) in [7, 11) is 0. The van der Waals surface area contributed by atoms with E-state index in [1.807, 2.05) is 25.1 Å². The lowest BCUT2D eigenvalue weighted by atomic mass is 10.1. The second-order valence-corrected chi connectivity index (χ2v) is 3.72. The van der Waals surface area contributed by atoms with E-state index in [0.717, 1.165) is 23.1 Å². The molecule has 0 unspecified atom stereocenters. The summed E-state index contributed by atoms with van der Waals surface area (Å²) >= 11 is 3.34. The van der Waals surface area contributed by atoms with E-state index in [4.69, 9.17) is 0 Å². The van der Waals surface area contributed by atoms with Crippen molar-refractivity contribution in [1.82, 2.24) is 4.98 Å². The number of pyridine rings is 1. The first-order chi connectivity index (χ1) is 5.68. The van der Waals surface area contributed by atoms with Gasteiger partial charge in [-0.25, -0.2) is 4.98 Å². The maximum atomic E-state index is 4.32. The third-order valence-electron chi connectivity index (χ3n) is 1.58. The van der Waals surface area contributed by atoms with Crippen molar-refractivity contribution in [1.29, 1.82) is 0 Å². The summed E-state index contributed by atoms with van der Waals surface area (Å²) in [5.41, 5.74) is 2.32. The normalized spacial score (nSPS) is 9.83. The molecule has 0 radical (unpaired) electrons. The molecule has 1 heterocycles. The number of aromatic nitrogens is 1. The van der Waals surface area contributed by atoms with E-state index >= 15 is 0 Å². The lowest BCUT2D eigenvalue weighted by molar-refractivity contribution is 0.898. The van der Waals surface area contributed by atoms with E-state index in [2.05, 4.69) is 27.5 Å². The van der Waals surface area contributed by atoms with Crippen molar-refractivity contribution < 1.29 is 0 Å². The van der Waals surface area contributed by atoms with E-state index in [-0.39, 0.29) is 0 Å². The molecule has 0 aliphatic heterocycles. The number of hydrogen-bond acceptors (Lipinski definition) is 1. The zero-order valence-electron chi connectivity index (χ0n) is 7.18. The topological polar surface area (TPSA) is 12.9 Å². The maximum Gasteiger partial charge on any atom is 0.106 e. The van der Waals surface area contributed by atoms with Crippen LogP contribution in [0, 0.1) is 0 Å². The molecule has 0 aliphatic rings. The highest BCUT2D eigenvalue weighted by molar-refractivity contribution is 9.10. The maximum absolute atomic E-state index is 4.32. The summed E-state index contributed by atoms with van der Waals surface area (Å²) in [6, 6.07) is 5.98. The van der Waals surface area contributed by atoms with Crippen molar-refractivity contribution in [2.75, 3.05) is 0 Å². The van der Waals surface area contributed by atoms with Gasteiger partial charge in [-0.2, -0.15) is 0 Å². The van der Waals surface area contributed by atoms with Crippen LogP contribution in [-0.4, -0.2) is 4.98 Å². The monoisotopic (exact) mass is 225 g/mol. The fourth-order valence-corrected chi connectivity index (χ4v) is 1.31. The summed E-state index contributed by atoms with van der Waals surface area (Å²) in [5, 5.41) is 0. The summed E-state index contributed by atoms with van der Waals surface area (Å²) in [6.07, 6.45) is 2.00. The van der Waals surface area contributed by atoms with E-state index in [1.165, 1.54) is 5.57 Å². The largest absolute Gasteiger partial charge is 0.246 e. The zero-order valence-corrected chi connectivity index (χ0v) is 8.76. The van der Waals surface area contributed by atoms with Gasteiger partial charge in [-0.1, -0.05) is 11.6 Å². The van der Waals surface area contributed by atoms with Gasteiger partial charge in [0, 0.05) is 5.69 Å². The van der Waals surface area contributed by atoms with Gasteiger partial charge in [0.05, 0.1) is 0 Å². The highest BCUT2D eigenvalue weighted by atomic mass is 79.9. The Labute approximate surface area is 81.7 Å². The summed E-state index contributed by atoms with van der Waals surface area (Å²) in [5.74, 6) is 0. The van der Waals surface area contributed by atoms with Crippen LogP contribution in [0.25, 0.3) is 0 Å². The molecule has 2 heteroatoms. The molecular weight excluding hydrogens is 214 g/mol. The molecule has 0 aliphatic carbocycles. The number of halogens is 1. The van der Waals surface area contributed by atoms with Gasteiger partial charge in [-0.15, -0.1) is 6.58 Å². The number of aryl methyl sites for hydroxylation is 1. The van der Waals surface area contributed by atoms with Crippen LogP contribution >= 0.6 is 15.9 Å². The molecule has 0 fully saturated rings. The van der Waals surface area contributed by atoms with Gasteiger partial charge in [-0.05, 0) is 47.8 Å². The van der Waals surface area contributed by atoms with Gasteiger partial charge in [0.2, 0.25) is 0 Å². The van der Waals surface area contributed by atoms with Crippen LogP contribution in [-0.2, 0) is 6.42 Å². The standard InChI is InChI=1S/C10H12BrN/c1-8(2)6-7-9-4-3-5-10(11)12-9/h3-5H,1,6-7H2,2H3. The third kappa shape index (κ3) is 3.18. The molecule has 0 saturated heterocycles. The molecule has 0 N–H and O–H groups in total. The molecule has 0 atom stereocenters. The Morgan fingerprint density at radius 2 is 2.33 bits per heavy atom. The first-order valence-corrected chi connectivity index (χ1v) is 4.73. The fraction of sp³-hybridized carbons (Fsp3) is 0.300. The molecular formula is C10H12BrN. The molecule has 0 bridgehead atoms. The van der Waals surface area contributed by atoms with Crippen LogP contribution in [0.1, 0.15) is 19.0 Å². The molecule has 0 saturated carbocycles. The molecule has 1 aromatic rings. The first kappa shape index (κ1) is 9.46. The Morgan fingerprint density at radius 3 is 2.92 bits per heavy atom. The summed E-state index contributed by atoms with van der Waals surface area (Å²) < 4.78 is 0.904. The number of allylic oxidation sites excluding steroid dienone is 1. The SMILES string of the molecule is C=C(C)CCc1cccc(Br)n1. The van der Waals surface area contributed by atoms with Gasteiger partial charge >= 0.3 is 0 Å². The Balaban J connectivity index is 2.57. The molecule has 12 heavy (non-hydrogen) atoms. The lowest BCUT2D eigenvalue weighted by Crippen LogP contribution is -1.90. The van der Waals surface area contributed by atoms with Crippen LogP contribution in [0.2, 0.25) is 0 Å². The molecule has 1 nitrogen and oxygen atoms in total. The summed E-state index contributed by atoms with van der Waals surface area (Å²) in [4.78, 5) is 4.32. The molecule has 64 valence electrons. The summed E-state index contributed by atoms with van der Waals surface area (Å²) in [6.45, 7) is 5.89. The second-order valence-electron chi connectivity index (χ2n) is 2.91. The average molecular weight is 226 g/mol. The van der Waals surface area contributed by atoms with Crippen molar-refractivity contribution in [2.24, 2.45) is 0 Å². The van der Waals surface area contributed by atoms with E-state index in [0.29, 0.717) is 0 Å². The predicted octanol–water partition coefficient (Wildman–Crippen LogP) is 3.35. The van der Waals surface area contributed by atoms with Crippen molar-refractivity contribution in [2.45, 2.75) is 19.8 Å². The second kappa shape index (κ2) is 4.41. The highest BCUT2D eigenvalue weighted by Gasteiger charge is 1.95. The molecule has 1 rings (SSSR count). The van der Waals surface area contributed by atoms with Crippen molar-refractivity contribution >= 4 is 15.9 Å². The van der Waals surface area contributed by atoms with Gasteiger partial charge in [0.15, 0.2) is 0 Å². The Bertz CT molecular complexity index is 281. The minimum absolute atomic E-state index is 0.904. The Hall–Kier alpha value is -0.630. The van der Waals surface area contributed by atoms with Crippen LogP contribution in [0.5, 0.6) is 0 Å². The van der Waals surface area contributed by atoms with Crippen molar-refractivity contribution in [3.05, 3.63) is 40.6 Å². The van der Waals surface area contributed by atoms with Crippen molar-refractivity contribution in [3.63, 3.8) is 0 Å². The number of nitrogens with zero attached hydrogens (tertiary/aromatic N) is 1. The highest BCUT2D eigenvalue weighted by Crippen LogP contribution is 2.09. The van der Waals surface area contributed by atoms with Gasteiger partial charge < -0.3 is 0 Å². The Morgan fingerprint density at radius 1 is 1.58 bits per heavy atom. The van der Waals surface area contributed by atoms with E-state index in [1.54, 1.807) is 0 Å². The quantitative estimate of drug-likeness (QED) is 0.568. The van der Waals surface area contributed by atoms with Crippen molar-refractivity contribution in [3.8, 4) is 0 Å². The van der Waals surface area contributed by atoms with Gasteiger partial charge in [0.1, 0.15) is 4.60 Å². The minimum atomic E-state index is 0.904. The van der Waals surface area contributed by atoms with E-state index in [9.17, 15) is 0 Å². The number of rotatable bonds is 3. The van der Waals surface area contributed by atoms with Crippen LogP contribution < -0.4 is 0 Å². The predicted molar refractivity (Wildman–Crippen MR) is 55.1 cm³/mol. The minimum Gasteiger partial charge on any atom is -0.246 e. The molecule has 1 aromatic heterocycles. The van der Waals surface area contributed by atoms with Gasteiger partial charge in [-0.3, -0.25) is 0 Å². The van der Waals surface area contributed by atoms with Crippen LogP contribution in [0.4, 0.5) is 0 Å². The van der Waals surface area contributed by atoms with Crippen LogP contribution in [0.3, 0.4) is 0 Å². The molecule has 0 aromatic carbocycles. The molecule has 0 spiro atoms. The van der Waals surface area contributed by atoms with Gasteiger partial charge in [0.25, 0.3) is 0 Å². The first-order valence-electron chi connectivity index (χ1n) is 3.94. The average Bonchev–Trinajstić information content (AvgIpc) is 2.01. The van der Waals surface area contributed by atoms with E-state index < -0.39 is 0 Å². The lowest BCUT2D eigenvalue weighted by Gasteiger charge is -1.99. The van der Waals surface area contributed by atoms with Crippen LogP contribution in [0.15, 0.2) is 35.0 Å². The fourth-order valence-electron chi connectivity index (χ4n) is 0.931. The molecule has 0 amide bonds. The number of hydrogen-bond donors (Lipinski definition) is 0. The Kier molecular flexibility index (Phi) is 3.48.